The van der Waals surface area contributed by atoms with Crippen LogP contribution >= 0.6 is 0 Å². The molecular weight excluding hydrogens is 442 g/mol. The summed E-state index contributed by atoms with van der Waals surface area (Å²) in [4.78, 5) is 9.70. The van der Waals surface area contributed by atoms with E-state index in [9.17, 15) is 8.78 Å². The predicted molar refractivity (Wildman–Crippen MR) is 137 cm³/mol. The Morgan fingerprint density at radius 3 is 2.49 bits per heavy atom. The lowest BCUT2D eigenvalue weighted by Gasteiger charge is -2.16. The van der Waals surface area contributed by atoms with Crippen molar-refractivity contribution in [2.24, 2.45) is 0 Å². The Morgan fingerprint density at radius 1 is 0.943 bits per heavy atom. The number of furan rings is 1. The molecular formula is C30H28F2N2O. The number of fused-ring (bicyclic) bond motifs is 4. The van der Waals surface area contributed by atoms with E-state index in [1.807, 2.05) is 25.1 Å². The van der Waals surface area contributed by atoms with E-state index >= 15 is 0 Å². The molecule has 1 saturated carbocycles. The zero-order chi connectivity index (χ0) is 24.5. The van der Waals surface area contributed by atoms with Crippen LogP contribution in [-0.4, -0.2) is 15.9 Å². The fourth-order valence-corrected chi connectivity index (χ4v) is 5.46. The van der Waals surface area contributed by atoms with Crippen LogP contribution in [0.1, 0.15) is 67.5 Å². The lowest BCUT2D eigenvalue weighted by Crippen LogP contribution is -2.09. The molecule has 1 aliphatic rings. The van der Waals surface area contributed by atoms with Gasteiger partial charge in [-0.05, 0) is 78.9 Å². The van der Waals surface area contributed by atoms with Crippen molar-refractivity contribution < 1.29 is 13.2 Å². The summed E-state index contributed by atoms with van der Waals surface area (Å²) in [5.41, 5.74) is 7.18. The Morgan fingerprint density at radius 2 is 1.74 bits per heavy atom. The minimum atomic E-state index is -2.56. The summed E-state index contributed by atoms with van der Waals surface area (Å²) in [6, 6.07) is 16.6. The van der Waals surface area contributed by atoms with Crippen LogP contribution in [0.5, 0.6) is 0 Å². The highest BCUT2D eigenvalue weighted by atomic mass is 19.3. The third-order valence-corrected chi connectivity index (χ3v) is 7.32. The molecule has 0 bridgehead atoms. The molecule has 0 N–H and O–H groups in total. The lowest BCUT2D eigenvalue weighted by atomic mass is 9.92. The van der Waals surface area contributed by atoms with E-state index in [2.05, 4.69) is 56.1 Å². The maximum atomic E-state index is 13.9. The average molecular weight is 471 g/mol. The van der Waals surface area contributed by atoms with Gasteiger partial charge in [-0.1, -0.05) is 32.0 Å². The highest BCUT2D eigenvalue weighted by molar-refractivity contribution is 6.11. The van der Waals surface area contributed by atoms with Gasteiger partial charge in [0.05, 0.1) is 5.69 Å². The molecule has 5 aromatic rings. The van der Waals surface area contributed by atoms with E-state index < -0.39 is 5.92 Å². The molecule has 0 amide bonds. The summed E-state index contributed by atoms with van der Waals surface area (Å²) < 4.78 is 34.2. The van der Waals surface area contributed by atoms with Gasteiger partial charge in [0.2, 0.25) is 11.6 Å². The largest absolute Gasteiger partial charge is 0.437 e. The van der Waals surface area contributed by atoms with Crippen LogP contribution in [0.15, 0.2) is 52.9 Å². The second-order valence-corrected chi connectivity index (χ2v) is 10.4. The third-order valence-electron chi connectivity index (χ3n) is 7.32. The lowest BCUT2D eigenvalue weighted by molar-refractivity contribution is 0.00777. The molecule has 0 saturated heterocycles. The van der Waals surface area contributed by atoms with Crippen molar-refractivity contribution in [3.8, 4) is 11.3 Å². The number of alkyl halides is 2. The van der Waals surface area contributed by atoms with Crippen molar-refractivity contribution in [1.82, 2.24) is 9.97 Å². The molecule has 2 aromatic carbocycles. The Labute approximate surface area is 203 Å². The molecule has 3 aromatic heterocycles. The van der Waals surface area contributed by atoms with Gasteiger partial charge in [-0.3, -0.25) is 4.98 Å². The van der Waals surface area contributed by atoms with E-state index in [0.717, 1.165) is 60.9 Å². The van der Waals surface area contributed by atoms with Crippen LogP contribution in [0.25, 0.3) is 44.1 Å². The van der Waals surface area contributed by atoms with Crippen LogP contribution in [0.3, 0.4) is 0 Å². The van der Waals surface area contributed by atoms with Crippen LogP contribution in [0.4, 0.5) is 8.78 Å². The molecule has 178 valence electrons. The minimum absolute atomic E-state index is 0.0324. The van der Waals surface area contributed by atoms with E-state index in [-0.39, 0.29) is 24.7 Å². The molecule has 6 rings (SSSR count). The van der Waals surface area contributed by atoms with Gasteiger partial charge in [0.15, 0.2) is 0 Å². The SMILES string of the molecule is Cc1cc(-c2nc(C(C)C)cc3cc(C4CCC(F)(F)C4)ccc23)c2oc3nc(C)ccc3c2c1. The van der Waals surface area contributed by atoms with Gasteiger partial charge >= 0.3 is 0 Å². The number of benzene rings is 2. The van der Waals surface area contributed by atoms with Gasteiger partial charge < -0.3 is 4.42 Å². The van der Waals surface area contributed by atoms with Crippen molar-refractivity contribution >= 4 is 32.8 Å². The molecule has 1 unspecified atom stereocenters. The molecule has 1 aliphatic carbocycles. The van der Waals surface area contributed by atoms with E-state index in [0.29, 0.717) is 12.1 Å². The van der Waals surface area contributed by atoms with Crippen molar-refractivity contribution in [3.05, 3.63) is 71.0 Å². The maximum Gasteiger partial charge on any atom is 0.248 e. The first-order valence-corrected chi connectivity index (χ1v) is 12.3. The number of rotatable bonds is 3. The highest BCUT2D eigenvalue weighted by Crippen LogP contribution is 2.45. The Balaban J connectivity index is 1.60. The fourth-order valence-electron chi connectivity index (χ4n) is 5.46. The van der Waals surface area contributed by atoms with Crippen molar-refractivity contribution in [2.45, 2.75) is 64.7 Å². The number of aromatic nitrogens is 2. The molecule has 1 fully saturated rings. The second-order valence-electron chi connectivity index (χ2n) is 10.4. The Bertz CT molecular complexity index is 1620. The molecule has 3 nitrogen and oxygen atoms in total. The first-order valence-electron chi connectivity index (χ1n) is 12.3. The first-order chi connectivity index (χ1) is 16.7. The number of pyridine rings is 2. The van der Waals surface area contributed by atoms with Crippen LogP contribution < -0.4 is 0 Å². The zero-order valence-corrected chi connectivity index (χ0v) is 20.5. The van der Waals surface area contributed by atoms with Gasteiger partial charge in [-0.15, -0.1) is 0 Å². The Hall–Kier alpha value is -3.34. The molecule has 5 heteroatoms. The van der Waals surface area contributed by atoms with Gasteiger partial charge in [0.1, 0.15) is 5.58 Å². The predicted octanol–water partition coefficient (Wildman–Crippen LogP) is 8.84. The van der Waals surface area contributed by atoms with Gasteiger partial charge in [0.25, 0.3) is 0 Å². The normalized spacial score (nSPS) is 17.9. The molecule has 35 heavy (non-hydrogen) atoms. The fraction of sp³-hybridized carbons (Fsp3) is 0.333. The van der Waals surface area contributed by atoms with Crippen LogP contribution in [-0.2, 0) is 0 Å². The van der Waals surface area contributed by atoms with Crippen LogP contribution in [0.2, 0.25) is 0 Å². The van der Waals surface area contributed by atoms with Crippen LogP contribution in [0, 0.1) is 13.8 Å². The number of aryl methyl sites for hydroxylation is 2. The third kappa shape index (κ3) is 3.78. The quantitative estimate of drug-likeness (QED) is 0.264. The number of hydrogen-bond acceptors (Lipinski definition) is 3. The van der Waals surface area contributed by atoms with E-state index in [1.54, 1.807) is 0 Å². The van der Waals surface area contributed by atoms with E-state index in [1.165, 1.54) is 0 Å². The summed E-state index contributed by atoms with van der Waals surface area (Å²) >= 11 is 0. The van der Waals surface area contributed by atoms with Gasteiger partial charge in [0, 0.05) is 46.0 Å². The summed E-state index contributed by atoms with van der Waals surface area (Å²) in [5.74, 6) is -2.45. The average Bonchev–Trinajstić information content (AvgIpc) is 3.36. The summed E-state index contributed by atoms with van der Waals surface area (Å²) in [6.45, 7) is 8.28. The smallest absolute Gasteiger partial charge is 0.248 e. The highest BCUT2D eigenvalue weighted by Gasteiger charge is 2.40. The molecule has 0 aliphatic heterocycles. The molecule has 0 spiro atoms. The number of nitrogens with zero attached hydrogens (tertiary/aromatic N) is 2. The standard InChI is InChI=1S/C30H28F2N2O/c1-16(2)26-14-21-13-19(20-9-10-30(31,32)15-20)6-8-22(21)27(34-26)25-12-17(3)11-24-23-7-5-18(4)33-29(23)35-28(24)25/h5-8,11-14,16,20H,9-10,15H2,1-4H3. The van der Waals surface area contributed by atoms with Crippen molar-refractivity contribution in [1.29, 1.82) is 0 Å². The Kier molecular flexibility index (Phi) is 4.96. The first kappa shape index (κ1) is 22.1. The number of hydrogen-bond donors (Lipinski definition) is 0. The zero-order valence-electron chi connectivity index (χ0n) is 20.5. The number of halogens is 2. The monoisotopic (exact) mass is 470 g/mol. The maximum absolute atomic E-state index is 13.9. The summed E-state index contributed by atoms with van der Waals surface area (Å²) in [6.07, 6.45) is 0.421. The molecule has 0 radical (unpaired) electrons. The minimum Gasteiger partial charge on any atom is -0.437 e. The van der Waals surface area contributed by atoms with Crippen molar-refractivity contribution in [3.63, 3.8) is 0 Å². The molecule has 3 heterocycles. The van der Waals surface area contributed by atoms with E-state index in [4.69, 9.17) is 9.40 Å². The molecule has 1 atom stereocenters. The second kappa shape index (κ2) is 7.84. The van der Waals surface area contributed by atoms with Crippen molar-refractivity contribution in [2.75, 3.05) is 0 Å². The van der Waals surface area contributed by atoms with Gasteiger partial charge in [-0.2, -0.15) is 0 Å². The summed E-state index contributed by atoms with van der Waals surface area (Å²) in [5, 5.41) is 4.05. The topological polar surface area (TPSA) is 38.9 Å². The van der Waals surface area contributed by atoms with Gasteiger partial charge in [-0.25, -0.2) is 13.8 Å². The summed E-state index contributed by atoms with van der Waals surface area (Å²) in [7, 11) is 0.